The van der Waals surface area contributed by atoms with Crippen LogP contribution in [0.4, 0.5) is 5.69 Å². The zero-order valence-electron chi connectivity index (χ0n) is 10.2. The van der Waals surface area contributed by atoms with Gasteiger partial charge in [-0.25, -0.2) is 0 Å². The van der Waals surface area contributed by atoms with Gasteiger partial charge in [-0.2, -0.15) is 0 Å². The standard InChI is InChI=1S/C14H17ClN2O/c15-11-5-10(6-12(16)7-11)14(18)17(13-3-4-13)8-9-1-2-9/h5-7,9,13H,1-4,8,16H2. The van der Waals surface area contributed by atoms with Gasteiger partial charge in [0.2, 0.25) is 0 Å². The molecule has 18 heavy (non-hydrogen) atoms. The summed E-state index contributed by atoms with van der Waals surface area (Å²) in [5, 5.41) is 0.528. The van der Waals surface area contributed by atoms with Crippen LogP contribution in [0.1, 0.15) is 36.0 Å². The van der Waals surface area contributed by atoms with Gasteiger partial charge in [-0.05, 0) is 49.8 Å². The van der Waals surface area contributed by atoms with Gasteiger partial charge in [-0.15, -0.1) is 0 Å². The summed E-state index contributed by atoms with van der Waals surface area (Å²) in [5.74, 6) is 0.796. The molecule has 2 aliphatic rings. The molecule has 2 fully saturated rings. The van der Waals surface area contributed by atoms with Crippen molar-refractivity contribution in [2.45, 2.75) is 31.7 Å². The second-order valence-corrected chi connectivity index (χ2v) is 5.84. The van der Waals surface area contributed by atoms with Crippen molar-refractivity contribution in [3.05, 3.63) is 28.8 Å². The SMILES string of the molecule is Nc1cc(Cl)cc(C(=O)N(CC2CC2)C2CC2)c1. The second kappa shape index (κ2) is 4.47. The first-order valence-electron chi connectivity index (χ1n) is 6.50. The zero-order valence-corrected chi connectivity index (χ0v) is 11.0. The number of anilines is 1. The monoisotopic (exact) mass is 264 g/mol. The minimum atomic E-state index is 0.0820. The molecule has 96 valence electrons. The van der Waals surface area contributed by atoms with Gasteiger partial charge in [-0.1, -0.05) is 11.6 Å². The number of carbonyl (C=O) groups is 1. The molecule has 3 rings (SSSR count). The van der Waals surface area contributed by atoms with Crippen LogP contribution < -0.4 is 5.73 Å². The van der Waals surface area contributed by atoms with Gasteiger partial charge in [0.05, 0.1) is 0 Å². The van der Waals surface area contributed by atoms with Crippen molar-refractivity contribution in [3.63, 3.8) is 0 Å². The largest absolute Gasteiger partial charge is 0.399 e. The molecule has 1 aromatic rings. The van der Waals surface area contributed by atoms with Gasteiger partial charge in [0, 0.05) is 28.9 Å². The quantitative estimate of drug-likeness (QED) is 0.850. The lowest BCUT2D eigenvalue weighted by atomic mass is 10.1. The lowest BCUT2D eigenvalue weighted by molar-refractivity contribution is 0.0735. The smallest absolute Gasteiger partial charge is 0.254 e. The fourth-order valence-corrected chi connectivity index (χ4v) is 2.51. The normalized spacial score (nSPS) is 18.7. The summed E-state index contributed by atoms with van der Waals surface area (Å²) in [6.07, 6.45) is 4.78. The number of hydrogen-bond acceptors (Lipinski definition) is 2. The number of rotatable bonds is 4. The van der Waals surface area contributed by atoms with E-state index in [-0.39, 0.29) is 5.91 Å². The van der Waals surface area contributed by atoms with Crippen LogP contribution in [0.15, 0.2) is 18.2 Å². The number of nitrogens with zero attached hydrogens (tertiary/aromatic N) is 1. The molecule has 0 bridgehead atoms. The van der Waals surface area contributed by atoms with Crippen molar-refractivity contribution in [1.29, 1.82) is 0 Å². The van der Waals surface area contributed by atoms with E-state index in [9.17, 15) is 4.79 Å². The van der Waals surface area contributed by atoms with Crippen molar-refractivity contribution >= 4 is 23.2 Å². The third-order valence-corrected chi connectivity index (χ3v) is 3.79. The molecular formula is C14H17ClN2O. The number of carbonyl (C=O) groups excluding carboxylic acids is 1. The van der Waals surface area contributed by atoms with Gasteiger partial charge < -0.3 is 10.6 Å². The Kier molecular flexibility index (Phi) is 2.94. The molecule has 2 saturated carbocycles. The molecule has 2 N–H and O–H groups in total. The maximum absolute atomic E-state index is 12.5. The van der Waals surface area contributed by atoms with E-state index in [2.05, 4.69) is 0 Å². The molecule has 0 atom stereocenters. The Balaban J connectivity index is 1.81. The van der Waals surface area contributed by atoms with Crippen LogP contribution in [0.25, 0.3) is 0 Å². The summed E-state index contributed by atoms with van der Waals surface area (Å²) in [5.41, 5.74) is 6.91. The van der Waals surface area contributed by atoms with Crippen molar-refractivity contribution in [2.75, 3.05) is 12.3 Å². The zero-order chi connectivity index (χ0) is 12.7. The molecule has 0 aliphatic heterocycles. The Morgan fingerprint density at radius 3 is 2.56 bits per heavy atom. The maximum atomic E-state index is 12.5. The third kappa shape index (κ3) is 2.61. The molecule has 2 aliphatic carbocycles. The molecule has 0 spiro atoms. The minimum absolute atomic E-state index is 0.0820. The van der Waals surface area contributed by atoms with Crippen LogP contribution >= 0.6 is 11.6 Å². The van der Waals surface area contributed by atoms with Gasteiger partial charge >= 0.3 is 0 Å². The molecule has 0 heterocycles. The van der Waals surface area contributed by atoms with Gasteiger partial charge in [-0.3, -0.25) is 4.79 Å². The first kappa shape index (κ1) is 11.8. The number of nitrogens with two attached hydrogens (primary N) is 1. The highest BCUT2D eigenvalue weighted by Gasteiger charge is 2.36. The molecule has 4 heteroatoms. The summed E-state index contributed by atoms with van der Waals surface area (Å²) >= 11 is 5.96. The Labute approximate surface area is 112 Å². The Morgan fingerprint density at radius 1 is 1.28 bits per heavy atom. The van der Waals surface area contributed by atoms with E-state index in [0.29, 0.717) is 28.2 Å². The van der Waals surface area contributed by atoms with Crippen LogP contribution in [0.2, 0.25) is 5.02 Å². The molecule has 0 unspecified atom stereocenters. The van der Waals surface area contributed by atoms with Crippen LogP contribution in [0.3, 0.4) is 0 Å². The van der Waals surface area contributed by atoms with Gasteiger partial charge in [0.15, 0.2) is 0 Å². The van der Waals surface area contributed by atoms with Crippen LogP contribution in [0.5, 0.6) is 0 Å². The summed E-state index contributed by atoms with van der Waals surface area (Å²) in [6, 6.07) is 5.54. The van der Waals surface area contributed by atoms with Gasteiger partial charge in [0.1, 0.15) is 0 Å². The Morgan fingerprint density at radius 2 is 2.00 bits per heavy atom. The van der Waals surface area contributed by atoms with E-state index in [4.69, 9.17) is 17.3 Å². The van der Waals surface area contributed by atoms with Crippen LogP contribution in [-0.2, 0) is 0 Å². The average molecular weight is 265 g/mol. The summed E-state index contributed by atoms with van der Waals surface area (Å²) in [7, 11) is 0. The first-order valence-corrected chi connectivity index (χ1v) is 6.88. The van der Waals surface area contributed by atoms with Gasteiger partial charge in [0.25, 0.3) is 5.91 Å². The topological polar surface area (TPSA) is 46.3 Å². The van der Waals surface area contributed by atoms with Crippen LogP contribution in [-0.4, -0.2) is 23.4 Å². The summed E-state index contributed by atoms with van der Waals surface area (Å²) < 4.78 is 0. The van der Waals surface area contributed by atoms with E-state index in [1.807, 2.05) is 4.90 Å². The van der Waals surface area contributed by atoms with E-state index < -0.39 is 0 Å². The molecule has 0 saturated heterocycles. The van der Waals surface area contributed by atoms with Crippen molar-refractivity contribution in [3.8, 4) is 0 Å². The van der Waals surface area contributed by atoms with E-state index in [0.717, 1.165) is 19.4 Å². The highest BCUT2D eigenvalue weighted by molar-refractivity contribution is 6.31. The minimum Gasteiger partial charge on any atom is -0.399 e. The number of benzene rings is 1. The predicted octanol–water partition coefficient (Wildman–Crippen LogP) is 2.94. The number of nitrogen functional groups attached to an aromatic ring is 1. The van der Waals surface area contributed by atoms with Crippen molar-refractivity contribution in [2.24, 2.45) is 5.92 Å². The molecule has 0 radical (unpaired) electrons. The lowest BCUT2D eigenvalue weighted by Gasteiger charge is -2.22. The highest BCUT2D eigenvalue weighted by atomic mass is 35.5. The fraction of sp³-hybridized carbons (Fsp3) is 0.500. The number of halogens is 1. The van der Waals surface area contributed by atoms with Crippen molar-refractivity contribution in [1.82, 2.24) is 4.90 Å². The maximum Gasteiger partial charge on any atom is 0.254 e. The molecular weight excluding hydrogens is 248 g/mol. The van der Waals surface area contributed by atoms with Crippen molar-refractivity contribution < 1.29 is 4.79 Å². The van der Waals surface area contributed by atoms with E-state index >= 15 is 0 Å². The highest BCUT2D eigenvalue weighted by Crippen LogP contribution is 2.35. The third-order valence-electron chi connectivity index (χ3n) is 3.57. The molecule has 0 aromatic heterocycles. The number of amides is 1. The Hall–Kier alpha value is -1.22. The molecule has 3 nitrogen and oxygen atoms in total. The lowest BCUT2D eigenvalue weighted by Crippen LogP contribution is -2.34. The summed E-state index contributed by atoms with van der Waals surface area (Å²) in [4.78, 5) is 14.5. The second-order valence-electron chi connectivity index (χ2n) is 5.41. The average Bonchev–Trinajstić information content (AvgIpc) is 3.15. The summed E-state index contributed by atoms with van der Waals surface area (Å²) in [6.45, 7) is 0.899. The Bertz CT molecular complexity index is 460. The predicted molar refractivity (Wildman–Crippen MR) is 72.6 cm³/mol. The van der Waals surface area contributed by atoms with E-state index in [1.165, 1.54) is 12.8 Å². The molecule has 1 amide bonds. The first-order chi connectivity index (χ1) is 8.63. The fourth-order valence-electron chi connectivity index (χ4n) is 2.26. The van der Waals surface area contributed by atoms with Crippen LogP contribution in [0, 0.1) is 5.92 Å². The van der Waals surface area contributed by atoms with E-state index in [1.54, 1.807) is 18.2 Å². The molecule has 1 aromatic carbocycles. The number of hydrogen-bond donors (Lipinski definition) is 1.